The fourth-order valence-corrected chi connectivity index (χ4v) is 5.06. The fourth-order valence-electron chi connectivity index (χ4n) is 4.76. The molecule has 3 aliphatic carbocycles. The molecule has 0 aromatic heterocycles. The maximum absolute atomic E-state index is 12.6. The zero-order valence-electron chi connectivity index (χ0n) is 12.2. The Bertz CT molecular complexity index is 403. The van der Waals surface area contributed by atoms with E-state index in [2.05, 4.69) is 5.32 Å². The van der Waals surface area contributed by atoms with Crippen molar-refractivity contribution in [3.63, 3.8) is 0 Å². The van der Waals surface area contributed by atoms with E-state index in [0.29, 0.717) is 10.9 Å². The van der Waals surface area contributed by atoms with Gasteiger partial charge in [-0.25, -0.2) is 0 Å². The molecule has 1 amide bonds. The van der Waals surface area contributed by atoms with Crippen LogP contribution in [0.4, 0.5) is 0 Å². The lowest BCUT2D eigenvalue weighted by Crippen LogP contribution is -2.51. The van der Waals surface area contributed by atoms with Gasteiger partial charge in [-0.1, -0.05) is 37.9 Å². The second kappa shape index (κ2) is 5.63. The van der Waals surface area contributed by atoms with Crippen LogP contribution in [-0.4, -0.2) is 17.4 Å². The third-order valence-electron chi connectivity index (χ3n) is 6.02. The van der Waals surface area contributed by atoms with Crippen LogP contribution in [0.15, 0.2) is 0 Å². The van der Waals surface area contributed by atoms with Crippen LogP contribution in [0, 0.1) is 23.2 Å². The molecule has 4 heteroatoms. The lowest BCUT2D eigenvalue weighted by molar-refractivity contribution is -0.129. The van der Waals surface area contributed by atoms with Crippen LogP contribution in [0.25, 0.3) is 0 Å². The SMILES string of the molecule is NC(=S)C1(C(=O)NCC2CC3CCC2C3)CCCCC1. The molecule has 112 valence electrons. The number of hydrogen-bond acceptors (Lipinski definition) is 2. The summed E-state index contributed by atoms with van der Waals surface area (Å²) in [5, 5.41) is 3.19. The minimum absolute atomic E-state index is 0.104. The van der Waals surface area contributed by atoms with Gasteiger partial charge in [0.25, 0.3) is 0 Å². The number of carbonyl (C=O) groups excluding carboxylic acids is 1. The number of carbonyl (C=O) groups is 1. The molecule has 3 atom stereocenters. The van der Waals surface area contributed by atoms with E-state index in [0.717, 1.165) is 44.1 Å². The van der Waals surface area contributed by atoms with Gasteiger partial charge in [0.15, 0.2) is 0 Å². The summed E-state index contributed by atoms with van der Waals surface area (Å²) >= 11 is 5.22. The second-order valence-electron chi connectivity index (χ2n) is 7.15. The molecule has 3 nitrogen and oxygen atoms in total. The van der Waals surface area contributed by atoms with E-state index in [-0.39, 0.29) is 5.91 Å². The number of hydrogen-bond donors (Lipinski definition) is 2. The predicted octanol–water partition coefficient (Wildman–Crippen LogP) is 2.78. The first-order valence-electron chi connectivity index (χ1n) is 8.20. The highest BCUT2D eigenvalue weighted by Gasteiger charge is 2.44. The minimum Gasteiger partial charge on any atom is -0.392 e. The van der Waals surface area contributed by atoms with Crippen LogP contribution in [-0.2, 0) is 4.79 Å². The van der Waals surface area contributed by atoms with Crippen LogP contribution in [0.1, 0.15) is 57.8 Å². The molecule has 20 heavy (non-hydrogen) atoms. The monoisotopic (exact) mass is 294 g/mol. The van der Waals surface area contributed by atoms with Gasteiger partial charge in [-0.05, 0) is 49.9 Å². The smallest absolute Gasteiger partial charge is 0.233 e. The Labute approximate surface area is 127 Å². The van der Waals surface area contributed by atoms with Gasteiger partial charge in [0, 0.05) is 6.54 Å². The maximum Gasteiger partial charge on any atom is 0.233 e. The summed E-state index contributed by atoms with van der Waals surface area (Å²) < 4.78 is 0. The summed E-state index contributed by atoms with van der Waals surface area (Å²) in [6.45, 7) is 0.838. The normalized spacial score (nSPS) is 34.9. The van der Waals surface area contributed by atoms with E-state index >= 15 is 0 Å². The molecule has 3 fully saturated rings. The molecule has 3 N–H and O–H groups in total. The average molecular weight is 294 g/mol. The largest absolute Gasteiger partial charge is 0.392 e. The summed E-state index contributed by atoms with van der Waals surface area (Å²) in [6, 6.07) is 0. The number of nitrogens with two attached hydrogens (primary N) is 1. The van der Waals surface area contributed by atoms with Gasteiger partial charge in [0.05, 0.1) is 10.4 Å². The molecule has 3 unspecified atom stereocenters. The highest BCUT2D eigenvalue weighted by atomic mass is 32.1. The van der Waals surface area contributed by atoms with Crippen molar-refractivity contribution in [2.75, 3.05) is 6.54 Å². The Balaban J connectivity index is 1.58. The van der Waals surface area contributed by atoms with Crippen molar-refractivity contribution in [3.8, 4) is 0 Å². The zero-order valence-corrected chi connectivity index (χ0v) is 13.0. The van der Waals surface area contributed by atoms with Crippen molar-refractivity contribution in [2.45, 2.75) is 57.8 Å². The van der Waals surface area contributed by atoms with E-state index in [1.165, 1.54) is 32.1 Å². The van der Waals surface area contributed by atoms with Crippen molar-refractivity contribution in [2.24, 2.45) is 28.9 Å². The van der Waals surface area contributed by atoms with Crippen LogP contribution < -0.4 is 11.1 Å². The fraction of sp³-hybridized carbons (Fsp3) is 0.875. The molecular weight excluding hydrogens is 268 g/mol. The highest BCUT2D eigenvalue weighted by Crippen LogP contribution is 2.48. The number of thiocarbonyl (C=S) groups is 1. The zero-order chi connectivity index (χ0) is 14.2. The summed E-state index contributed by atoms with van der Waals surface area (Å²) in [6.07, 6.45) is 10.5. The number of fused-ring (bicyclic) bond motifs is 2. The van der Waals surface area contributed by atoms with Gasteiger partial charge in [0.1, 0.15) is 0 Å². The van der Waals surface area contributed by atoms with E-state index in [1.807, 2.05) is 0 Å². The van der Waals surface area contributed by atoms with Gasteiger partial charge < -0.3 is 11.1 Å². The molecule has 0 heterocycles. The minimum atomic E-state index is -0.550. The molecular formula is C16H26N2OS. The Hall–Kier alpha value is -0.640. The quantitative estimate of drug-likeness (QED) is 0.784. The van der Waals surface area contributed by atoms with Crippen LogP contribution in [0.3, 0.4) is 0 Å². The van der Waals surface area contributed by atoms with E-state index in [1.54, 1.807) is 0 Å². The van der Waals surface area contributed by atoms with Crippen molar-refractivity contribution < 1.29 is 4.79 Å². The lowest BCUT2D eigenvalue weighted by atomic mass is 9.73. The Morgan fingerprint density at radius 3 is 2.50 bits per heavy atom. The van der Waals surface area contributed by atoms with E-state index in [4.69, 9.17) is 18.0 Å². The number of amides is 1. The first-order chi connectivity index (χ1) is 9.62. The predicted molar refractivity (Wildman–Crippen MR) is 84.3 cm³/mol. The van der Waals surface area contributed by atoms with Gasteiger partial charge in [0.2, 0.25) is 5.91 Å². The summed E-state index contributed by atoms with van der Waals surface area (Å²) in [5.41, 5.74) is 5.37. The van der Waals surface area contributed by atoms with Crippen molar-refractivity contribution >= 4 is 23.1 Å². The third-order valence-corrected chi connectivity index (χ3v) is 6.41. The Morgan fingerprint density at radius 2 is 1.95 bits per heavy atom. The molecule has 0 radical (unpaired) electrons. The maximum atomic E-state index is 12.6. The molecule has 0 spiro atoms. The summed E-state index contributed by atoms with van der Waals surface area (Å²) in [7, 11) is 0. The van der Waals surface area contributed by atoms with Gasteiger partial charge >= 0.3 is 0 Å². The average Bonchev–Trinajstić information content (AvgIpc) is 3.07. The molecule has 0 saturated heterocycles. The van der Waals surface area contributed by atoms with Crippen LogP contribution >= 0.6 is 12.2 Å². The summed E-state index contributed by atoms with van der Waals surface area (Å²) in [5.74, 6) is 2.59. The number of nitrogens with one attached hydrogen (secondary N) is 1. The Morgan fingerprint density at radius 1 is 1.20 bits per heavy atom. The molecule has 0 aromatic carbocycles. The van der Waals surface area contributed by atoms with Gasteiger partial charge in [-0.15, -0.1) is 0 Å². The van der Waals surface area contributed by atoms with E-state index < -0.39 is 5.41 Å². The van der Waals surface area contributed by atoms with Crippen LogP contribution in [0.5, 0.6) is 0 Å². The molecule has 3 saturated carbocycles. The lowest BCUT2D eigenvalue weighted by Gasteiger charge is -2.35. The first kappa shape index (κ1) is 14.3. The van der Waals surface area contributed by atoms with Crippen molar-refractivity contribution in [3.05, 3.63) is 0 Å². The van der Waals surface area contributed by atoms with Crippen LogP contribution in [0.2, 0.25) is 0 Å². The first-order valence-corrected chi connectivity index (χ1v) is 8.61. The van der Waals surface area contributed by atoms with Crippen molar-refractivity contribution in [1.82, 2.24) is 5.32 Å². The number of rotatable bonds is 4. The summed E-state index contributed by atoms with van der Waals surface area (Å²) in [4.78, 5) is 13.1. The third kappa shape index (κ3) is 2.47. The second-order valence-corrected chi connectivity index (χ2v) is 7.59. The molecule has 2 bridgehead atoms. The molecule has 0 aromatic rings. The topological polar surface area (TPSA) is 55.1 Å². The molecule has 3 rings (SSSR count). The highest BCUT2D eigenvalue weighted by molar-refractivity contribution is 7.80. The van der Waals surface area contributed by atoms with Gasteiger partial charge in [-0.3, -0.25) is 4.79 Å². The standard InChI is InChI=1S/C16H26N2OS/c17-14(20)16(6-2-1-3-7-16)15(19)18-10-13-9-11-4-5-12(13)8-11/h11-13H,1-10H2,(H2,17,20)(H,18,19). The van der Waals surface area contributed by atoms with Gasteiger partial charge in [-0.2, -0.15) is 0 Å². The van der Waals surface area contributed by atoms with Crippen molar-refractivity contribution in [1.29, 1.82) is 0 Å². The van der Waals surface area contributed by atoms with E-state index in [9.17, 15) is 4.79 Å². The molecule has 0 aliphatic heterocycles. The Kier molecular flexibility index (Phi) is 4.02. The molecule has 3 aliphatic rings.